The van der Waals surface area contributed by atoms with Gasteiger partial charge in [0.1, 0.15) is 11.8 Å². The molecule has 0 spiro atoms. The summed E-state index contributed by atoms with van der Waals surface area (Å²) in [6.45, 7) is 0.687. The molecule has 0 saturated heterocycles. The molecule has 0 aliphatic carbocycles. The molecule has 1 heterocycles. The second-order valence-electron chi connectivity index (χ2n) is 4.62. The highest BCUT2D eigenvalue weighted by molar-refractivity contribution is 6.30. The molecule has 116 valence electrons. The molecule has 0 aliphatic heterocycles. The van der Waals surface area contributed by atoms with E-state index in [4.69, 9.17) is 11.6 Å². The van der Waals surface area contributed by atoms with Gasteiger partial charge in [0, 0.05) is 25.3 Å². The van der Waals surface area contributed by atoms with Gasteiger partial charge in [-0.15, -0.1) is 0 Å². The summed E-state index contributed by atoms with van der Waals surface area (Å²) in [5.74, 6) is 0. The largest absolute Gasteiger partial charge is 0.411 e. The fourth-order valence-corrected chi connectivity index (χ4v) is 2.17. The molecule has 0 saturated carbocycles. The van der Waals surface area contributed by atoms with Crippen molar-refractivity contribution in [2.45, 2.75) is 32.0 Å². The zero-order valence-corrected chi connectivity index (χ0v) is 12.5. The van der Waals surface area contributed by atoms with Gasteiger partial charge < -0.3 is 10.1 Å². The van der Waals surface area contributed by atoms with Crippen LogP contribution >= 0.6 is 11.6 Å². The molecule has 1 aromatic heterocycles. The molecule has 0 amide bonds. The Labute approximate surface area is 121 Å². The van der Waals surface area contributed by atoms with Crippen LogP contribution in [0, 0.1) is 6.92 Å². The van der Waals surface area contributed by atoms with E-state index >= 15 is 0 Å². The van der Waals surface area contributed by atoms with Gasteiger partial charge in [-0.1, -0.05) is 11.6 Å². The second kappa shape index (κ2) is 7.28. The van der Waals surface area contributed by atoms with Gasteiger partial charge >= 0.3 is 6.18 Å². The monoisotopic (exact) mass is 313 g/mol. The van der Waals surface area contributed by atoms with Crippen LogP contribution in [0.1, 0.15) is 17.7 Å². The van der Waals surface area contributed by atoms with Crippen LogP contribution in [-0.2, 0) is 18.2 Å². The number of hydrogen-bond donors (Lipinski definition) is 1. The molecule has 0 bridgehead atoms. The predicted molar refractivity (Wildman–Crippen MR) is 71.0 cm³/mol. The zero-order chi connectivity index (χ0) is 15.3. The van der Waals surface area contributed by atoms with Gasteiger partial charge in [0.25, 0.3) is 0 Å². The molecule has 20 heavy (non-hydrogen) atoms. The van der Waals surface area contributed by atoms with E-state index in [1.54, 1.807) is 18.8 Å². The smallest absolute Gasteiger partial charge is 0.372 e. The van der Waals surface area contributed by atoms with E-state index in [-0.39, 0.29) is 12.6 Å². The lowest BCUT2D eigenvalue weighted by molar-refractivity contribution is -0.174. The molecule has 1 unspecified atom stereocenters. The Balaban J connectivity index is 2.47. The Morgan fingerprint density at radius 3 is 2.55 bits per heavy atom. The highest BCUT2D eigenvalue weighted by atomic mass is 35.5. The van der Waals surface area contributed by atoms with Crippen molar-refractivity contribution in [2.24, 2.45) is 7.05 Å². The van der Waals surface area contributed by atoms with Crippen molar-refractivity contribution in [1.29, 1.82) is 0 Å². The molecule has 8 heteroatoms. The number of likely N-dealkylation sites (N-methyl/N-ethyl adjacent to an activating group) is 1. The molecule has 1 aromatic rings. The summed E-state index contributed by atoms with van der Waals surface area (Å²) in [6.07, 6.45) is -3.21. The SMILES string of the molecule is CNC(CCOCC(F)(F)F)Cc1c(C)nn(C)c1Cl. The molecule has 1 atom stereocenters. The maximum atomic E-state index is 11.9. The van der Waals surface area contributed by atoms with Crippen molar-refractivity contribution in [3.63, 3.8) is 0 Å². The maximum absolute atomic E-state index is 11.9. The molecular formula is C12H19ClF3N3O. The van der Waals surface area contributed by atoms with E-state index in [0.29, 0.717) is 18.0 Å². The average Bonchev–Trinajstić information content (AvgIpc) is 2.57. The topological polar surface area (TPSA) is 39.1 Å². The predicted octanol–water partition coefficient (Wildman–Crippen LogP) is 2.48. The van der Waals surface area contributed by atoms with Crippen molar-refractivity contribution >= 4 is 11.6 Å². The van der Waals surface area contributed by atoms with Crippen LogP contribution < -0.4 is 5.32 Å². The van der Waals surface area contributed by atoms with Crippen molar-refractivity contribution in [3.8, 4) is 0 Å². The lowest BCUT2D eigenvalue weighted by atomic mass is 10.0. The van der Waals surface area contributed by atoms with Gasteiger partial charge in [-0.05, 0) is 26.8 Å². The van der Waals surface area contributed by atoms with Crippen LogP contribution in [0.3, 0.4) is 0 Å². The summed E-state index contributed by atoms with van der Waals surface area (Å²) in [4.78, 5) is 0. The van der Waals surface area contributed by atoms with Crippen LogP contribution in [0.25, 0.3) is 0 Å². The molecule has 1 rings (SSSR count). The van der Waals surface area contributed by atoms with Crippen molar-refractivity contribution < 1.29 is 17.9 Å². The van der Waals surface area contributed by atoms with Crippen LogP contribution in [0.5, 0.6) is 0 Å². The number of nitrogens with one attached hydrogen (secondary N) is 1. The van der Waals surface area contributed by atoms with Gasteiger partial charge in [-0.25, -0.2) is 0 Å². The minimum Gasteiger partial charge on any atom is -0.372 e. The van der Waals surface area contributed by atoms with Crippen LogP contribution in [0.15, 0.2) is 0 Å². The number of aryl methyl sites for hydroxylation is 2. The molecular weight excluding hydrogens is 295 g/mol. The summed E-state index contributed by atoms with van der Waals surface area (Å²) in [5, 5.41) is 7.81. The normalized spacial score (nSPS) is 13.8. The minimum absolute atomic E-state index is 0.0105. The first kappa shape index (κ1) is 17.3. The fraction of sp³-hybridized carbons (Fsp3) is 0.750. The van der Waals surface area contributed by atoms with Crippen molar-refractivity contribution in [1.82, 2.24) is 15.1 Å². The van der Waals surface area contributed by atoms with Gasteiger partial charge in [0.15, 0.2) is 0 Å². The Morgan fingerprint density at radius 1 is 1.45 bits per heavy atom. The standard InChI is InChI=1S/C12H19ClF3N3O/c1-8-10(11(13)19(3)18-8)6-9(17-2)4-5-20-7-12(14,15)16/h9,17H,4-7H2,1-3H3. The third-order valence-electron chi connectivity index (χ3n) is 3.01. The van der Waals surface area contributed by atoms with E-state index in [1.165, 1.54) is 0 Å². The Hall–Kier alpha value is -0.790. The Kier molecular flexibility index (Phi) is 6.29. The van der Waals surface area contributed by atoms with Crippen molar-refractivity contribution in [3.05, 3.63) is 16.4 Å². The van der Waals surface area contributed by atoms with Gasteiger partial charge in [-0.2, -0.15) is 18.3 Å². The van der Waals surface area contributed by atoms with E-state index in [1.807, 2.05) is 6.92 Å². The minimum atomic E-state index is -4.28. The number of hydrogen-bond acceptors (Lipinski definition) is 3. The Bertz CT molecular complexity index is 434. The van der Waals surface area contributed by atoms with Crippen LogP contribution in [0.2, 0.25) is 5.15 Å². The number of halogens is 4. The number of nitrogens with zero attached hydrogens (tertiary/aromatic N) is 2. The van der Waals surface area contributed by atoms with Gasteiger partial charge in [0.2, 0.25) is 0 Å². The molecule has 0 radical (unpaired) electrons. The molecule has 0 aromatic carbocycles. The summed E-state index contributed by atoms with van der Waals surface area (Å²) in [6, 6.07) is -0.0105. The summed E-state index contributed by atoms with van der Waals surface area (Å²) < 4.78 is 42.0. The van der Waals surface area contributed by atoms with Gasteiger partial charge in [0.05, 0.1) is 5.69 Å². The van der Waals surface area contributed by atoms with Crippen LogP contribution in [0.4, 0.5) is 13.2 Å². The average molecular weight is 314 g/mol. The first-order chi connectivity index (χ1) is 9.24. The third kappa shape index (κ3) is 5.30. The highest BCUT2D eigenvalue weighted by Crippen LogP contribution is 2.21. The number of rotatable bonds is 7. The highest BCUT2D eigenvalue weighted by Gasteiger charge is 2.27. The third-order valence-corrected chi connectivity index (χ3v) is 3.48. The van der Waals surface area contributed by atoms with E-state index in [2.05, 4.69) is 15.2 Å². The fourth-order valence-electron chi connectivity index (χ4n) is 1.91. The Morgan fingerprint density at radius 2 is 2.10 bits per heavy atom. The second-order valence-corrected chi connectivity index (χ2v) is 4.98. The maximum Gasteiger partial charge on any atom is 0.411 e. The molecule has 0 fully saturated rings. The lowest BCUT2D eigenvalue weighted by Gasteiger charge is -2.16. The van der Waals surface area contributed by atoms with Gasteiger partial charge in [-0.3, -0.25) is 4.68 Å². The first-order valence-corrected chi connectivity index (χ1v) is 6.62. The van der Waals surface area contributed by atoms with Crippen molar-refractivity contribution in [2.75, 3.05) is 20.3 Å². The molecule has 0 aliphatic rings. The van der Waals surface area contributed by atoms with E-state index in [0.717, 1.165) is 11.3 Å². The summed E-state index contributed by atoms with van der Waals surface area (Å²) in [7, 11) is 3.51. The molecule has 4 nitrogen and oxygen atoms in total. The quantitative estimate of drug-likeness (QED) is 0.786. The zero-order valence-electron chi connectivity index (χ0n) is 11.7. The van der Waals surface area contributed by atoms with E-state index < -0.39 is 12.8 Å². The number of ether oxygens (including phenoxy) is 1. The number of aromatic nitrogens is 2. The van der Waals surface area contributed by atoms with Crippen LogP contribution in [-0.4, -0.2) is 42.3 Å². The molecule has 1 N–H and O–H groups in total. The number of alkyl halides is 3. The van der Waals surface area contributed by atoms with E-state index in [9.17, 15) is 13.2 Å². The lowest BCUT2D eigenvalue weighted by Crippen LogP contribution is -2.30. The first-order valence-electron chi connectivity index (χ1n) is 6.24. The summed E-state index contributed by atoms with van der Waals surface area (Å²) in [5.41, 5.74) is 1.73. The summed E-state index contributed by atoms with van der Waals surface area (Å²) >= 11 is 6.13.